The first-order chi connectivity index (χ1) is 10.5. The predicted octanol–water partition coefficient (Wildman–Crippen LogP) is 0.642. The highest BCUT2D eigenvalue weighted by molar-refractivity contribution is 5.97. The highest BCUT2D eigenvalue weighted by atomic mass is 16.5. The average Bonchev–Trinajstić information content (AvgIpc) is 2.46. The molecule has 0 spiro atoms. The number of nitrogen functional groups attached to an aromatic ring is 1. The zero-order valence-corrected chi connectivity index (χ0v) is 12.5. The molecule has 0 aliphatic carbocycles. The van der Waals surface area contributed by atoms with Crippen LogP contribution in [0.4, 0.5) is 5.82 Å². The van der Waals surface area contributed by atoms with E-state index in [4.69, 9.17) is 10.5 Å². The van der Waals surface area contributed by atoms with Gasteiger partial charge < -0.3 is 20.8 Å². The number of aryl methyl sites for hydroxylation is 1. The Labute approximate surface area is 127 Å². The van der Waals surface area contributed by atoms with Crippen LogP contribution in [0.25, 0.3) is 0 Å². The van der Waals surface area contributed by atoms with Crippen LogP contribution < -0.4 is 21.3 Å². The molecule has 1 aromatic heterocycles. The van der Waals surface area contributed by atoms with E-state index in [1.54, 1.807) is 12.1 Å². The predicted molar refractivity (Wildman–Crippen MR) is 83.0 cm³/mol. The lowest BCUT2D eigenvalue weighted by atomic mass is 10.1. The summed E-state index contributed by atoms with van der Waals surface area (Å²) in [6.45, 7) is 2.22. The first-order valence-corrected chi connectivity index (χ1v) is 6.78. The van der Waals surface area contributed by atoms with E-state index in [0.717, 1.165) is 5.56 Å². The Hall–Kier alpha value is -2.83. The zero-order valence-electron chi connectivity index (χ0n) is 12.5. The van der Waals surface area contributed by atoms with Gasteiger partial charge in [0, 0.05) is 19.0 Å². The number of ether oxygens (including phenoxy) is 1. The van der Waals surface area contributed by atoms with Crippen LogP contribution in [0.15, 0.2) is 29.1 Å². The number of hydrogen-bond donors (Lipinski definition) is 3. The Morgan fingerprint density at radius 1 is 1.41 bits per heavy atom. The lowest BCUT2D eigenvalue weighted by molar-refractivity contribution is 0.0951. The number of nitrogens with one attached hydrogen (secondary N) is 2. The molecule has 0 fully saturated rings. The Morgan fingerprint density at radius 3 is 2.86 bits per heavy atom. The first-order valence-electron chi connectivity index (χ1n) is 6.78. The number of anilines is 1. The minimum Gasteiger partial charge on any atom is -0.496 e. The van der Waals surface area contributed by atoms with Crippen LogP contribution in [0.1, 0.15) is 21.7 Å². The van der Waals surface area contributed by atoms with Crippen LogP contribution in [0.2, 0.25) is 0 Å². The summed E-state index contributed by atoms with van der Waals surface area (Å²) in [6, 6.07) is 6.59. The number of aromatic nitrogens is 2. The van der Waals surface area contributed by atoms with Crippen molar-refractivity contribution in [1.82, 2.24) is 15.3 Å². The van der Waals surface area contributed by atoms with Gasteiger partial charge >= 0.3 is 0 Å². The van der Waals surface area contributed by atoms with Crippen LogP contribution in [0.3, 0.4) is 0 Å². The molecule has 7 heteroatoms. The second-order valence-corrected chi connectivity index (χ2v) is 4.83. The number of carbonyl (C=O) groups is 1. The van der Waals surface area contributed by atoms with E-state index in [1.165, 1.54) is 13.2 Å². The van der Waals surface area contributed by atoms with Crippen molar-refractivity contribution in [2.24, 2.45) is 0 Å². The van der Waals surface area contributed by atoms with Crippen LogP contribution >= 0.6 is 0 Å². The van der Waals surface area contributed by atoms with Gasteiger partial charge in [-0.1, -0.05) is 11.6 Å². The molecule has 1 aromatic carbocycles. The van der Waals surface area contributed by atoms with Crippen LogP contribution in [0, 0.1) is 6.92 Å². The summed E-state index contributed by atoms with van der Waals surface area (Å²) in [5, 5.41) is 2.77. The summed E-state index contributed by atoms with van der Waals surface area (Å²) in [6.07, 6.45) is 0.375. The van der Waals surface area contributed by atoms with Crippen molar-refractivity contribution < 1.29 is 9.53 Å². The van der Waals surface area contributed by atoms with Crippen molar-refractivity contribution >= 4 is 11.7 Å². The largest absolute Gasteiger partial charge is 0.496 e. The quantitative estimate of drug-likeness (QED) is 0.751. The van der Waals surface area contributed by atoms with Gasteiger partial charge in [-0.15, -0.1) is 0 Å². The molecule has 116 valence electrons. The number of hydrogen-bond acceptors (Lipinski definition) is 5. The number of aromatic amines is 1. The van der Waals surface area contributed by atoms with Crippen molar-refractivity contribution in [2.45, 2.75) is 13.3 Å². The number of rotatable bonds is 5. The first kappa shape index (κ1) is 15.6. The van der Waals surface area contributed by atoms with E-state index < -0.39 is 0 Å². The van der Waals surface area contributed by atoms with Gasteiger partial charge in [0.15, 0.2) is 0 Å². The third kappa shape index (κ3) is 3.85. The summed E-state index contributed by atoms with van der Waals surface area (Å²) >= 11 is 0. The Kier molecular flexibility index (Phi) is 4.77. The molecule has 2 rings (SSSR count). The average molecular weight is 302 g/mol. The highest BCUT2D eigenvalue weighted by Crippen LogP contribution is 2.19. The number of nitrogens with zero attached hydrogens (tertiary/aromatic N) is 1. The van der Waals surface area contributed by atoms with Gasteiger partial charge in [0.1, 0.15) is 17.4 Å². The Balaban J connectivity index is 2.01. The van der Waals surface area contributed by atoms with Gasteiger partial charge in [0.05, 0.1) is 12.7 Å². The lowest BCUT2D eigenvalue weighted by Crippen LogP contribution is -2.27. The van der Waals surface area contributed by atoms with Gasteiger partial charge in [-0.2, -0.15) is 0 Å². The lowest BCUT2D eigenvalue weighted by Gasteiger charge is -2.10. The maximum atomic E-state index is 12.2. The minimum atomic E-state index is -0.311. The fraction of sp³-hybridized carbons (Fsp3) is 0.267. The van der Waals surface area contributed by atoms with Gasteiger partial charge in [0.2, 0.25) is 0 Å². The van der Waals surface area contributed by atoms with E-state index in [-0.39, 0.29) is 17.3 Å². The molecule has 0 aliphatic rings. The van der Waals surface area contributed by atoms with Gasteiger partial charge in [-0.3, -0.25) is 9.59 Å². The maximum Gasteiger partial charge on any atom is 0.255 e. The summed E-state index contributed by atoms with van der Waals surface area (Å²) in [5.41, 5.74) is 6.63. The fourth-order valence-electron chi connectivity index (χ4n) is 2.04. The third-order valence-corrected chi connectivity index (χ3v) is 3.06. The Morgan fingerprint density at radius 2 is 2.18 bits per heavy atom. The molecule has 0 aliphatic heterocycles. The number of amides is 1. The number of methoxy groups -OCH3 is 1. The second-order valence-electron chi connectivity index (χ2n) is 4.83. The van der Waals surface area contributed by atoms with Gasteiger partial charge in [-0.05, 0) is 19.1 Å². The minimum absolute atomic E-state index is 0.158. The van der Waals surface area contributed by atoms with E-state index in [0.29, 0.717) is 30.1 Å². The molecule has 22 heavy (non-hydrogen) atoms. The topological polar surface area (TPSA) is 110 Å². The third-order valence-electron chi connectivity index (χ3n) is 3.06. The SMILES string of the molecule is COc1ccc(C)cc1C(=O)NCCc1nc(N)cc(=O)[nH]1. The van der Waals surface area contributed by atoms with E-state index in [9.17, 15) is 9.59 Å². The second kappa shape index (κ2) is 6.75. The molecular weight excluding hydrogens is 284 g/mol. The van der Waals surface area contributed by atoms with Crippen LogP contribution in [0.5, 0.6) is 5.75 Å². The van der Waals surface area contributed by atoms with Crippen molar-refractivity contribution in [3.05, 3.63) is 51.6 Å². The molecule has 2 aromatic rings. The molecule has 1 heterocycles. The molecule has 0 unspecified atom stereocenters. The number of benzene rings is 1. The van der Waals surface area contributed by atoms with E-state index >= 15 is 0 Å². The van der Waals surface area contributed by atoms with Crippen LogP contribution in [-0.2, 0) is 6.42 Å². The molecule has 0 bridgehead atoms. The maximum absolute atomic E-state index is 12.2. The normalized spacial score (nSPS) is 10.3. The Bertz CT molecular complexity index is 740. The van der Waals surface area contributed by atoms with Crippen molar-refractivity contribution in [3.8, 4) is 5.75 Å². The smallest absolute Gasteiger partial charge is 0.255 e. The summed E-state index contributed by atoms with van der Waals surface area (Å²) in [5.74, 6) is 0.859. The summed E-state index contributed by atoms with van der Waals surface area (Å²) < 4.78 is 5.18. The molecule has 7 nitrogen and oxygen atoms in total. The van der Waals surface area contributed by atoms with Crippen molar-refractivity contribution in [1.29, 1.82) is 0 Å². The van der Waals surface area contributed by atoms with Crippen molar-refractivity contribution in [2.75, 3.05) is 19.4 Å². The molecule has 0 saturated carbocycles. The number of H-pyrrole nitrogens is 1. The zero-order chi connectivity index (χ0) is 16.1. The van der Waals surface area contributed by atoms with Crippen LogP contribution in [-0.4, -0.2) is 29.5 Å². The fourth-order valence-corrected chi connectivity index (χ4v) is 2.04. The van der Waals surface area contributed by atoms with E-state index in [2.05, 4.69) is 15.3 Å². The van der Waals surface area contributed by atoms with Crippen molar-refractivity contribution in [3.63, 3.8) is 0 Å². The molecule has 0 saturated heterocycles. The molecule has 0 radical (unpaired) electrons. The van der Waals surface area contributed by atoms with Gasteiger partial charge in [0.25, 0.3) is 11.5 Å². The monoisotopic (exact) mass is 302 g/mol. The highest BCUT2D eigenvalue weighted by Gasteiger charge is 2.12. The summed E-state index contributed by atoms with van der Waals surface area (Å²) in [7, 11) is 1.52. The molecule has 0 atom stereocenters. The molecule has 1 amide bonds. The summed E-state index contributed by atoms with van der Waals surface area (Å²) in [4.78, 5) is 30.0. The number of carbonyl (C=O) groups excluding carboxylic acids is 1. The number of nitrogens with two attached hydrogens (primary N) is 1. The molecular formula is C15H18N4O3. The molecule has 4 N–H and O–H groups in total. The standard InChI is InChI=1S/C15H18N4O3/c1-9-3-4-11(22-2)10(7-9)15(21)17-6-5-13-18-12(16)8-14(20)19-13/h3-4,7-8H,5-6H2,1-2H3,(H,17,21)(H3,16,18,19,20). The van der Waals surface area contributed by atoms with E-state index in [1.807, 2.05) is 13.0 Å². The van der Waals surface area contributed by atoms with Gasteiger partial charge in [-0.25, -0.2) is 4.98 Å².